The molecule has 5 nitrogen and oxygen atoms in total. The number of benzene rings is 1. The molecule has 0 spiro atoms. The van der Waals surface area contributed by atoms with E-state index in [9.17, 15) is 18.0 Å². The van der Waals surface area contributed by atoms with E-state index in [2.05, 4.69) is 0 Å². The number of carbonyl (C=O) groups is 1. The molecule has 0 aliphatic carbocycles. The second-order valence-electron chi connectivity index (χ2n) is 4.36. The van der Waals surface area contributed by atoms with Crippen LogP contribution in [0.2, 0.25) is 0 Å². The first kappa shape index (κ1) is 18.1. The number of hydrogen-bond donors (Lipinski definition) is 1. The lowest BCUT2D eigenvalue weighted by Gasteiger charge is -2.13. The molecule has 22 heavy (non-hydrogen) atoms. The second-order valence-corrected chi connectivity index (χ2v) is 4.36. The van der Waals surface area contributed by atoms with Gasteiger partial charge in [-0.2, -0.15) is 13.2 Å². The predicted octanol–water partition coefficient (Wildman–Crippen LogP) is 2.40. The van der Waals surface area contributed by atoms with Crippen LogP contribution in [0, 0.1) is 0 Å². The Morgan fingerprint density at radius 3 is 2.50 bits per heavy atom. The average Bonchev–Trinajstić information content (AvgIpc) is 2.48. The number of rotatable bonds is 8. The summed E-state index contributed by atoms with van der Waals surface area (Å²) in [6.45, 7) is -0.548. The zero-order valence-electron chi connectivity index (χ0n) is 12.3. The van der Waals surface area contributed by atoms with Gasteiger partial charge in [-0.05, 0) is 18.2 Å². The van der Waals surface area contributed by atoms with Gasteiger partial charge in [-0.25, -0.2) is 0 Å². The van der Waals surface area contributed by atoms with Crippen LogP contribution in [0.5, 0.6) is 11.5 Å². The Morgan fingerprint density at radius 1 is 1.18 bits per heavy atom. The Balaban J connectivity index is 2.73. The summed E-state index contributed by atoms with van der Waals surface area (Å²) in [6, 6.07) is 4.18. The lowest BCUT2D eigenvalue weighted by atomic mass is 10.2. The zero-order valence-corrected chi connectivity index (χ0v) is 12.3. The van der Waals surface area contributed by atoms with E-state index in [1.54, 1.807) is 12.4 Å². The van der Waals surface area contributed by atoms with E-state index in [4.69, 9.17) is 14.2 Å². The summed E-state index contributed by atoms with van der Waals surface area (Å²) in [4.78, 5) is 11.7. The first-order valence-corrected chi connectivity index (χ1v) is 6.52. The Kier molecular flexibility index (Phi) is 6.97. The zero-order chi connectivity index (χ0) is 16.6. The highest BCUT2D eigenvalue weighted by Gasteiger charge is 2.28. The monoisotopic (exact) mass is 321 g/mol. The molecule has 0 bridgehead atoms. The molecule has 1 aromatic rings. The van der Waals surface area contributed by atoms with Crippen LogP contribution < -0.4 is 14.8 Å². The van der Waals surface area contributed by atoms with Crippen LogP contribution in [0.1, 0.15) is 16.8 Å². The largest absolute Gasteiger partial charge is 0.493 e. The number of alkyl halides is 3. The number of amides is 1. The van der Waals surface area contributed by atoms with Crippen molar-refractivity contribution in [1.82, 2.24) is 5.32 Å². The number of carbonyl (C=O) groups excluding carboxylic acids is 1. The molecule has 0 unspecified atom stereocenters. The highest BCUT2D eigenvalue weighted by atomic mass is 19.4. The standard InChI is InChI=1S/C14H18F3NO4/c1-20-6-3-7-22-12-8-10(4-5-11(12)21-2)13(19)18-9-14(15,16)17/h4-5,8H,3,6-7,9H2,1-2H3,(H,18,19). The number of ether oxygens (including phenoxy) is 3. The van der Waals surface area contributed by atoms with Gasteiger partial charge in [-0.3, -0.25) is 4.79 Å². The van der Waals surface area contributed by atoms with E-state index in [0.717, 1.165) is 0 Å². The lowest BCUT2D eigenvalue weighted by Crippen LogP contribution is -2.33. The Morgan fingerprint density at radius 2 is 1.91 bits per heavy atom. The van der Waals surface area contributed by atoms with Gasteiger partial charge >= 0.3 is 6.18 Å². The van der Waals surface area contributed by atoms with Gasteiger partial charge in [0.15, 0.2) is 11.5 Å². The summed E-state index contributed by atoms with van der Waals surface area (Å²) in [5.41, 5.74) is 0.0618. The number of nitrogens with one attached hydrogen (secondary N) is 1. The fourth-order valence-electron chi connectivity index (χ4n) is 1.60. The molecule has 0 atom stereocenters. The molecule has 0 aromatic heterocycles. The van der Waals surface area contributed by atoms with Crippen LogP contribution in [-0.4, -0.2) is 46.1 Å². The summed E-state index contributed by atoms with van der Waals surface area (Å²) < 4.78 is 51.7. The van der Waals surface area contributed by atoms with Gasteiger partial charge in [0, 0.05) is 25.7 Å². The van der Waals surface area contributed by atoms with E-state index in [-0.39, 0.29) is 5.56 Å². The summed E-state index contributed by atoms with van der Waals surface area (Å²) in [7, 11) is 2.99. The Bertz CT molecular complexity index is 491. The average molecular weight is 321 g/mol. The molecule has 1 amide bonds. The van der Waals surface area contributed by atoms with Crippen LogP contribution in [0.25, 0.3) is 0 Å². The van der Waals surface area contributed by atoms with E-state index in [1.807, 2.05) is 0 Å². The van der Waals surface area contributed by atoms with Crippen molar-refractivity contribution in [3.8, 4) is 11.5 Å². The van der Waals surface area contributed by atoms with Crippen LogP contribution in [0.15, 0.2) is 18.2 Å². The fraction of sp³-hybridized carbons (Fsp3) is 0.500. The van der Waals surface area contributed by atoms with E-state index < -0.39 is 18.6 Å². The quantitative estimate of drug-likeness (QED) is 0.747. The molecule has 0 heterocycles. The topological polar surface area (TPSA) is 56.8 Å². The van der Waals surface area contributed by atoms with Crippen LogP contribution >= 0.6 is 0 Å². The molecule has 0 saturated heterocycles. The minimum atomic E-state index is -4.46. The summed E-state index contributed by atoms with van der Waals surface area (Å²) in [6.07, 6.45) is -3.83. The lowest BCUT2D eigenvalue weighted by molar-refractivity contribution is -0.123. The Hall–Kier alpha value is -1.96. The molecule has 0 radical (unpaired) electrons. The predicted molar refractivity (Wildman–Crippen MR) is 73.4 cm³/mol. The maximum atomic E-state index is 12.1. The first-order valence-electron chi connectivity index (χ1n) is 6.52. The first-order chi connectivity index (χ1) is 10.4. The fourth-order valence-corrected chi connectivity index (χ4v) is 1.60. The molecule has 0 fully saturated rings. The summed E-state index contributed by atoms with van der Waals surface area (Å²) in [5.74, 6) is -0.148. The van der Waals surface area contributed by atoms with E-state index in [1.165, 1.54) is 25.3 Å². The van der Waals surface area contributed by atoms with Crippen molar-refractivity contribution in [3.63, 3.8) is 0 Å². The van der Waals surface area contributed by atoms with Gasteiger partial charge in [0.2, 0.25) is 0 Å². The molecule has 0 saturated carbocycles. The van der Waals surface area contributed by atoms with Crippen molar-refractivity contribution in [2.45, 2.75) is 12.6 Å². The molecular formula is C14H18F3NO4. The third kappa shape index (κ3) is 6.21. The van der Waals surface area contributed by atoms with Crippen LogP contribution in [0.4, 0.5) is 13.2 Å². The van der Waals surface area contributed by atoms with Gasteiger partial charge in [-0.15, -0.1) is 0 Å². The maximum absolute atomic E-state index is 12.1. The number of methoxy groups -OCH3 is 2. The van der Waals surface area contributed by atoms with E-state index in [0.29, 0.717) is 31.1 Å². The van der Waals surface area contributed by atoms with Crippen LogP contribution in [-0.2, 0) is 4.74 Å². The van der Waals surface area contributed by atoms with Crippen molar-refractivity contribution in [2.24, 2.45) is 0 Å². The molecule has 0 aliphatic heterocycles. The van der Waals surface area contributed by atoms with Crippen molar-refractivity contribution in [1.29, 1.82) is 0 Å². The molecule has 1 aromatic carbocycles. The molecule has 124 valence electrons. The second kappa shape index (κ2) is 8.47. The molecule has 1 N–H and O–H groups in total. The van der Waals surface area contributed by atoms with Crippen LogP contribution in [0.3, 0.4) is 0 Å². The third-order valence-corrected chi connectivity index (χ3v) is 2.63. The molecular weight excluding hydrogens is 303 g/mol. The van der Waals surface area contributed by atoms with Crippen molar-refractivity contribution >= 4 is 5.91 Å². The van der Waals surface area contributed by atoms with Gasteiger partial charge in [0.1, 0.15) is 6.54 Å². The van der Waals surface area contributed by atoms with Gasteiger partial charge in [-0.1, -0.05) is 0 Å². The highest BCUT2D eigenvalue weighted by molar-refractivity contribution is 5.94. The minimum Gasteiger partial charge on any atom is -0.493 e. The van der Waals surface area contributed by atoms with Gasteiger partial charge in [0.25, 0.3) is 5.91 Å². The Labute approximate surface area is 126 Å². The summed E-state index contributed by atoms with van der Waals surface area (Å²) in [5, 5.41) is 1.80. The number of hydrogen-bond acceptors (Lipinski definition) is 4. The van der Waals surface area contributed by atoms with Crippen molar-refractivity contribution in [3.05, 3.63) is 23.8 Å². The number of halogens is 3. The molecule has 8 heteroatoms. The van der Waals surface area contributed by atoms with Crippen molar-refractivity contribution in [2.75, 3.05) is 34.0 Å². The van der Waals surface area contributed by atoms with Gasteiger partial charge in [0.05, 0.1) is 13.7 Å². The minimum absolute atomic E-state index is 0.0618. The summed E-state index contributed by atoms with van der Waals surface area (Å²) >= 11 is 0. The third-order valence-electron chi connectivity index (χ3n) is 2.63. The van der Waals surface area contributed by atoms with Gasteiger partial charge < -0.3 is 19.5 Å². The smallest absolute Gasteiger partial charge is 0.405 e. The maximum Gasteiger partial charge on any atom is 0.405 e. The molecule has 1 rings (SSSR count). The normalized spacial score (nSPS) is 11.1. The highest BCUT2D eigenvalue weighted by Crippen LogP contribution is 2.28. The SMILES string of the molecule is COCCCOc1cc(C(=O)NCC(F)(F)F)ccc1OC. The van der Waals surface area contributed by atoms with E-state index >= 15 is 0 Å². The van der Waals surface area contributed by atoms with Crippen molar-refractivity contribution < 1.29 is 32.2 Å². The molecule has 0 aliphatic rings.